The molecule has 11 nitrogen and oxygen atoms in total. The predicted molar refractivity (Wildman–Crippen MR) is 160 cm³/mol. The van der Waals surface area contributed by atoms with E-state index < -0.39 is 58.0 Å². The number of aliphatic hydroxyl groups is 3. The quantitative estimate of drug-likeness (QED) is 0.319. The molecule has 1 aromatic heterocycles. The number of fused-ring (bicyclic) bond motifs is 5. The van der Waals surface area contributed by atoms with E-state index in [4.69, 9.17) is 10.2 Å². The van der Waals surface area contributed by atoms with Crippen molar-refractivity contribution in [1.29, 1.82) is 0 Å². The first-order valence-electron chi connectivity index (χ1n) is 14.0. The summed E-state index contributed by atoms with van der Waals surface area (Å²) in [6, 6.07) is 6.52. The molecule has 1 amide bonds. The van der Waals surface area contributed by atoms with Gasteiger partial charge in [-0.05, 0) is 68.3 Å². The van der Waals surface area contributed by atoms with Crippen molar-refractivity contribution in [2.45, 2.75) is 24.5 Å². The number of ketones is 2. The van der Waals surface area contributed by atoms with Gasteiger partial charge in [-0.15, -0.1) is 0 Å². The Balaban J connectivity index is 1.54. The van der Waals surface area contributed by atoms with Gasteiger partial charge in [0.25, 0.3) is 5.91 Å². The summed E-state index contributed by atoms with van der Waals surface area (Å²) in [6.45, 7) is 0. The second-order valence-electron chi connectivity index (χ2n) is 11.9. The van der Waals surface area contributed by atoms with Crippen molar-refractivity contribution in [1.82, 2.24) is 9.88 Å². The van der Waals surface area contributed by atoms with Crippen LogP contribution in [0.4, 0.5) is 10.1 Å². The summed E-state index contributed by atoms with van der Waals surface area (Å²) in [4.78, 5) is 47.6. The van der Waals surface area contributed by atoms with E-state index >= 15 is 0 Å². The average Bonchev–Trinajstić information content (AvgIpc) is 3.36. The molecule has 1 fully saturated rings. The van der Waals surface area contributed by atoms with Crippen molar-refractivity contribution >= 4 is 52.2 Å². The van der Waals surface area contributed by atoms with Crippen molar-refractivity contribution in [3.63, 3.8) is 0 Å². The second-order valence-corrected chi connectivity index (χ2v) is 11.9. The van der Waals surface area contributed by atoms with Crippen LogP contribution in [-0.4, -0.2) is 82.5 Å². The molecule has 4 atom stereocenters. The molecule has 1 heterocycles. The number of primary amides is 1. The lowest BCUT2D eigenvalue weighted by Gasteiger charge is -2.50. The maximum absolute atomic E-state index is 14.2. The van der Waals surface area contributed by atoms with Gasteiger partial charge >= 0.3 is 0 Å². The number of hydrogen-bond donors (Lipinski definition) is 4. The number of rotatable bonds is 5. The summed E-state index contributed by atoms with van der Waals surface area (Å²) in [7, 11) is 6.79. The summed E-state index contributed by atoms with van der Waals surface area (Å²) in [5.74, 6) is -6.54. The molecule has 1 saturated carbocycles. The zero-order valence-electron chi connectivity index (χ0n) is 24.5. The first-order chi connectivity index (χ1) is 20.7. The van der Waals surface area contributed by atoms with Gasteiger partial charge in [0.2, 0.25) is 11.7 Å². The average molecular weight is 603 g/mol. The van der Waals surface area contributed by atoms with E-state index in [1.54, 1.807) is 38.4 Å². The summed E-state index contributed by atoms with van der Waals surface area (Å²) >= 11 is 0. The highest BCUT2D eigenvalue weighted by Gasteiger charge is 2.64. The predicted octanol–water partition coefficient (Wildman–Crippen LogP) is 2.78. The molecule has 3 aliphatic rings. The van der Waals surface area contributed by atoms with E-state index in [1.165, 1.54) is 17.0 Å². The fraction of sp³-hybridized carbons (Fsp3) is 0.312. The van der Waals surface area contributed by atoms with Crippen LogP contribution in [0.1, 0.15) is 29.0 Å². The van der Waals surface area contributed by atoms with Crippen LogP contribution in [0.5, 0.6) is 0 Å². The van der Waals surface area contributed by atoms with Gasteiger partial charge in [0, 0.05) is 37.3 Å². The number of aliphatic hydroxyl groups excluding tert-OH is 2. The van der Waals surface area contributed by atoms with Gasteiger partial charge in [-0.3, -0.25) is 19.3 Å². The van der Waals surface area contributed by atoms with E-state index in [9.17, 15) is 34.1 Å². The van der Waals surface area contributed by atoms with Crippen molar-refractivity contribution in [2.75, 3.05) is 33.1 Å². The molecule has 12 heteroatoms. The van der Waals surface area contributed by atoms with Gasteiger partial charge < -0.3 is 30.4 Å². The van der Waals surface area contributed by atoms with Crippen LogP contribution in [0, 0.1) is 17.7 Å². The Kier molecular flexibility index (Phi) is 6.74. The molecule has 0 saturated heterocycles. The Morgan fingerprint density at radius 1 is 1.14 bits per heavy atom. The smallest absolute Gasteiger partial charge is 0.255 e. The number of carbonyl (C=O) groups excluding carboxylic acids is 3. The molecule has 44 heavy (non-hydrogen) atoms. The standard InChI is InChI=1S/C32H31FN4O7/c1-36(2)20-13-19-28(44-21(35-19)10-7-14-5-8-16(33)9-6-14)23-17(20)11-15-12-18-25(37(3)4)27(39)24(31(34)42)30(41)32(18,43)29(40)22(15)26(23)38/h5-10,13,15,18,25,38,41,43H,11-12H2,1-4H3,(H2,34,42)/t15-,18-,25-,32-/m0/s1. The lowest BCUT2D eigenvalue weighted by molar-refractivity contribution is -0.153. The number of Topliss-reactive ketones (excluding diaryl/α,β-unsaturated/α-hetero) is 2. The zero-order valence-corrected chi connectivity index (χ0v) is 24.5. The Bertz CT molecular complexity index is 1850. The summed E-state index contributed by atoms with van der Waals surface area (Å²) in [5, 5.41) is 34.7. The normalized spacial score (nSPS) is 25.1. The number of likely N-dealkylation sites (N-methyl/N-ethyl adjacent to an activating group) is 1. The maximum atomic E-state index is 14.2. The van der Waals surface area contributed by atoms with Gasteiger partial charge in [0.1, 0.15) is 28.4 Å². The third-order valence-electron chi connectivity index (χ3n) is 8.86. The molecular formula is C32H31FN4O7. The van der Waals surface area contributed by atoms with Crippen LogP contribution in [-0.2, 0) is 20.8 Å². The molecule has 0 radical (unpaired) electrons. The summed E-state index contributed by atoms with van der Waals surface area (Å²) in [6.07, 6.45) is 3.58. The number of hydrogen-bond acceptors (Lipinski definition) is 10. The number of aromatic nitrogens is 1. The van der Waals surface area contributed by atoms with E-state index in [1.807, 2.05) is 25.1 Å². The highest BCUT2D eigenvalue weighted by molar-refractivity contribution is 6.24. The number of carbonyl (C=O) groups is 3. The van der Waals surface area contributed by atoms with Gasteiger partial charge in [-0.1, -0.05) is 12.1 Å². The Labute approximate surface area is 251 Å². The monoisotopic (exact) mass is 602 g/mol. The topological polar surface area (TPSA) is 170 Å². The molecule has 0 bridgehead atoms. The van der Waals surface area contributed by atoms with Crippen LogP contribution in [0.15, 0.2) is 51.7 Å². The second kappa shape index (κ2) is 10.1. The molecule has 0 spiro atoms. The molecule has 3 aromatic rings. The van der Waals surface area contributed by atoms with Crippen LogP contribution in [0.25, 0.3) is 29.0 Å². The van der Waals surface area contributed by atoms with E-state index in [-0.39, 0.29) is 41.3 Å². The number of halogens is 1. The SMILES string of the molecule is CN(C)c1cc2nc(C=Cc3ccc(F)cc3)oc2c2c1C[C@H]1C[C@H]3[C@H](N(C)C)C(=O)C(C(N)=O)=C(O)[C@@]3(O)C(=O)C1=C2O. The molecule has 0 unspecified atom stereocenters. The minimum atomic E-state index is -2.67. The highest BCUT2D eigenvalue weighted by atomic mass is 19.1. The molecule has 6 rings (SSSR count). The maximum Gasteiger partial charge on any atom is 0.255 e. The van der Waals surface area contributed by atoms with Gasteiger partial charge in [-0.2, -0.15) is 0 Å². The largest absolute Gasteiger partial charge is 0.508 e. The van der Waals surface area contributed by atoms with Gasteiger partial charge in [-0.25, -0.2) is 9.37 Å². The van der Waals surface area contributed by atoms with Crippen molar-refractivity contribution in [2.24, 2.45) is 17.6 Å². The minimum Gasteiger partial charge on any atom is -0.508 e. The van der Waals surface area contributed by atoms with Crippen molar-refractivity contribution in [3.05, 3.63) is 75.6 Å². The zero-order chi connectivity index (χ0) is 31.8. The molecule has 228 valence electrons. The molecule has 2 aromatic carbocycles. The third kappa shape index (κ3) is 4.16. The lowest BCUT2D eigenvalue weighted by atomic mass is 9.57. The van der Waals surface area contributed by atoms with Crippen LogP contribution in [0.3, 0.4) is 0 Å². The van der Waals surface area contributed by atoms with Crippen molar-refractivity contribution in [3.8, 4) is 0 Å². The van der Waals surface area contributed by atoms with Gasteiger partial charge in [0.05, 0.1) is 11.6 Å². The third-order valence-corrected chi connectivity index (χ3v) is 8.86. The Hall–Kier alpha value is -4.81. The molecule has 5 N–H and O–H groups in total. The number of oxazole rings is 1. The highest BCUT2D eigenvalue weighted by Crippen LogP contribution is 2.53. The van der Waals surface area contributed by atoms with Crippen LogP contribution in [0.2, 0.25) is 0 Å². The fourth-order valence-corrected chi connectivity index (χ4v) is 6.91. The summed E-state index contributed by atoms with van der Waals surface area (Å²) < 4.78 is 19.4. The molecule has 0 aliphatic heterocycles. The van der Waals surface area contributed by atoms with E-state index in [2.05, 4.69) is 4.98 Å². The summed E-state index contributed by atoms with van der Waals surface area (Å²) in [5.41, 5.74) is 4.68. The number of nitrogens with two attached hydrogens (primary N) is 1. The van der Waals surface area contributed by atoms with Gasteiger partial charge in [0.15, 0.2) is 17.0 Å². The molecular weight excluding hydrogens is 571 g/mol. The first kappa shape index (κ1) is 29.3. The van der Waals surface area contributed by atoms with E-state index in [0.29, 0.717) is 16.6 Å². The van der Waals surface area contributed by atoms with Crippen LogP contribution < -0.4 is 10.6 Å². The Morgan fingerprint density at radius 3 is 2.43 bits per heavy atom. The Morgan fingerprint density at radius 2 is 1.82 bits per heavy atom. The number of benzene rings is 2. The first-order valence-corrected chi connectivity index (χ1v) is 14.0. The van der Waals surface area contributed by atoms with Crippen molar-refractivity contribution < 1.29 is 38.5 Å². The lowest BCUT2D eigenvalue weighted by Crippen LogP contribution is -2.65. The van der Waals surface area contributed by atoms with Crippen LogP contribution >= 0.6 is 0 Å². The van der Waals surface area contributed by atoms with E-state index in [0.717, 1.165) is 5.69 Å². The molecule has 3 aliphatic carbocycles. The fourth-order valence-electron chi connectivity index (χ4n) is 6.91. The number of amides is 1. The minimum absolute atomic E-state index is 0.0404. The number of nitrogens with zero attached hydrogens (tertiary/aromatic N) is 3. The number of anilines is 1.